The monoisotopic (exact) mass is 525 g/mol. The van der Waals surface area contributed by atoms with Crippen molar-refractivity contribution in [2.75, 3.05) is 0 Å². The molecule has 206 valence electrons. The van der Waals surface area contributed by atoms with Gasteiger partial charge in [-0.3, -0.25) is 24.0 Å². The first kappa shape index (κ1) is 31.0. The van der Waals surface area contributed by atoms with Crippen LogP contribution in [0.2, 0.25) is 0 Å². The lowest BCUT2D eigenvalue weighted by Gasteiger charge is -2.28. The molecule has 0 saturated heterocycles. The normalized spacial score (nSPS) is 14.9. The van der Waals surface area contributed by atoms with Crippen LogP contribution in [0.5, 0.6) is 0 Å². The Balaban J connectivity index is 3.06. The summed E-state index contributed by atoms with van der Waals surface area (Å²) < 4.78 is 0. The lowest BCUT2D eigenvalue weighted by molar-refractivity contribution is -0.143. The molecule has 1 aromatic heterocycles. The molecule has 15 heteroatoms. The van der Waals surface area contributed by atoms with Gasteiger partial charge < -0.3 is 42.6 Å². The number of amides is 4. The Bertz CT molecular complexity index is 953. The first-order valence-electron chi connectivity index (χ1n) is 11.7. The Morgan fingerprint density at radius 3 is 2.14 bits per heavy atom. The summed E-state index contributed by atoms with van der Waals surface area (Å²) in [5, 5.41) is 25.6. The highest BCUT2D eigenvalue weighted by Gasteiger charge is 2.33. The van der Waals surface area contributed by atoms with Crippen LogP contribution in [0.3, 0.4) is 0 Å². The molecule has 0 aliphatic rings. The number of carboxylic acids is 2. The van der Waals surface area contributed by atoms with Gasteiger partial charge in [-0.15, -0.1) is 0 Å². The average Bonchev–Trinajstić information content (AvgIpc) is 3.34. The largest absolute Gasteiger partial charge is 0.481 e. The van der Waals surface area contributed by atoms with E-state index in [2.05, 4.69) is 25.9 Å². The number of nitrogens with one attached hydrogen (secondary N) is 4. The van der Waals surface area contributed by atoms with Crippen molar-refractivity contribution in [1.29, 1.82) is 0 Å². The fourth-order valence-electron chi connectivity index (χ4n) is 3.28. The van der Waals surface area contributed by atoms with Crippen LogP contribution in [0, 0.1) is 5.92 Å². The van der Waals surface area contributed by atoms with E-state index in [9.17, 15) is 33.9 Å². The number of nitrogens with zero attached hydrogens (tertiary/aromatic N) is 1. The highest BCUT2D eigenvalue weighted by molar-refractivity contribution is 5.94. The third-order valence-corrected chi connectivity index (χ3v) is 5.71. The van der Waals surface area contributed by atoms with E-state index in [0.29, 0.717) is 12.1 Å². The maximum atomic E-state index is 13.2. The summed E-state index contributed by atoms with van der Waals surface area (Å²) in [5.41, 5.74) is 11.3. The van der Waals surface area contributed by atoms with Gasteiger partial charge >= 0.3 is 11.9 Å². The molecule has 0 spiro atoms. The maximum absolute atomic E-state index is 13.2. The quantitative estimate of drug-likeness (QED) is 0.111. The SMILES string of the molecule is CCC(C)C(NC(=O)C(Cc1cnc[nH]1)NC(=O)C(N)CCC(=O)O)C(=O)NC(CCC(N)=O)C(=O)O. The summed E-state index contributed by atoms with van der Waals surface area (Å²) in [7, 11) is 0. The van der Waals surface area contributed by atoms with E-state index < -0.39 is 65.7 Å². The van der Waals surface area contributed by atoms with E-state index in [1.54, 1.807) is 13.8 Å². The number of aliphatic carboxylic acids is 2. The van der Waals surface area contributed by atoms with Crippen molar-refractivity contribution in [3.63, 3.8) is 0 Å². The molecule has 0 aliphatic heterocycles. The van der Waals surface area contributed by atoms with E-state index in [4.69, 9.17) is 16.6 Å². The van der Waals surface area contributed by atoms with Crippen LogP contribution in [0.1, 0.15) is 51.6 Å². The molecule has 5 unspecified atom stereocenters. The number of carbonyl (C=O) groups excluding carboxylic acids is 4. The number of rotatable bonds is 17. The zero-order valence-electron chi connectivity index (χ0n) is 20.7. The third kappa shape index (κ3) is 11.1. The van der Waals surface area contributed by atoms with Crippen molar-refractivity contribution >= 4 is 35.6 Å². The van der Waals surface area contributed by atoms with Crippen molar-refractivity contribution in [1.82, 2.24) is 25.9 Å². The van der Waals surface area contributed by atoms with Crippen molar-refractivity contribution in [3.05, 3.63) is 18.2 Å². The summed E-state index contributed by atoms with van der Waals surface area (Å²) in [6, 6.07) is -4.98. The zero-order chi connectivity index (χ0) is 28.1. The summed E-state index contributed by atoms with van der Waals surface area (Å²) in [4.78, 5) is 78.7. The molecule has 1 rings (SSSR count). The Hall–Kier alpha value is -4.01. The summed E-state index contributed by atoms with van der Waals surface area (Å²) in [6.45, 7) is 3.44. The number of aromatic nitrogens is 2. The number of hydrogen-bond acceptors (Lipinski definition) is 8. The molecule has 0 bridgehead atoms. The topological polar surface area (TPSA) is 260 Å². The number of hydrogen-bond donors (Lipinski definition) is 8. The number of nitrogens with two attached hydrogens (primary N) is 2. The van der Waals surface area contributed by atoms with Gasteiger partial charge in [-0.2, -0.15) is 0 Å². The van der Waals surface area contributed by atoms with E-state index in [1.807, 2.05) is 0 Å². The van der Waals surface area contributed by atoms with Gasteiger partial charge in [0, 0.05) is 31.2 Å². The Kier molecular flexibility index (Phi) is 12.7. The lowest BCUT2D eigenvalue weighted by Crippen LogP contribution is -2.59. The number of aromatic amines is 1. The maximum Gasteiger partial charge on any atom is 0.326 e. The van der Waals surface area contributed by atoms with Crippen LogP contribution in [0.15, 0.2) is 12.5 Å². The number of primary amides is 1. The second-order valence-corrected chi connectivity index (χ2v) is 8.66. The summed E-state index contributed by atoms with van der Waals surface area (Å²) >= 11 is 0. The minimum Gasteiger partial charge on any atom is -0.481 e. The number of imidazole rings is 1. The van der Waals surface area contributed by atoms with Crippen LogP contribution >= 0.6 is 0 Å². The molecule has 4 amide bonds. The molecule has 0 fully saturated rings. The second kappa shape index (κ2) is 15.2. The van der Waals surface area contributed by atoms with Gasteiger partial charge in [0.25, 0.3) is 0 Å². The van der Waals surface area contributed by atoms with Gasteiger partial charge in [-0.25, -0.2) is 9.78 Å². The fraction of sp³-hybridized carbons (Fsp3) is 0.591. The smallest absolute Gasteiger partial charge is 0.326 e. The van der Waals surface area contributed by atoms with E-state index in [1.165, 1.54) is 12.5 Å². The van der Waals surface area contributed by atoms with Gasteiger partial charge in [0.2, 0.25) is 23.6 Å². The molecule has 15 nitrogen and oxygen atoms in total. The van der Waals surface area contributed by atoms with Gasteiger partial charge in [-0.1, -0.05) is 20.3 Å². The van der Waals surface area contributed by atoms with Crippen molar-refractivity contribution < 1.29 is 39.0 Å². The molecule has 0 radical (unpaired) electrons. The molecule has 0 aliphatic carbocycles. The van der Waals surface area contributed by atoms with Crippen LogP contribution < -0.4 is 27.4 Å². The standard InChI is InChI=1S/C22H35N7O8/c1-3-11(2)18(21(35)27-14(22(36)37)5-6-16(24)30)29-20(34)15(8-12-9-25-10-26-12)28-19(33)13(23)4-7-17(31)32/h9-11,13-15,18H,3-8,23H2,1-2H3,(H2,24,30)(H,25,26)(H,27,35)(H,28,33)(H,29,34)(H,31,32)(H,36,37). The van der Waals surface area contributed by atoms with Gasteiger partial charge in [-0.05, 0) is 18.8 Å². The minimum atomic E-state index is -1.41. The Morgan fingerprint density at radius 1 is 0.973 bits per heavy atom. The number of carboxylic acid groups (broad SMARTS) is 2. The minimum absolute atomic E-state index is 0.0472. The summed E-state index contributed by atoms with van der Waals surface area (Å²) in [5.74, 6) is -5.97. The Morgan fingerprint density at radius 2 is 1.62 bits per heavy atom. The Labute approximate surface area is 213 Å². The van der Waals surface area contributed by atoms with Crippen molar-refractivity contribution in [3.8, 4) is 0 Å². The predicted octanol–water partition coefficient (Wildman–Crippen LogP) is -2.01. The molecule has 0 aromatic carbocycles. The van der Waals surface area contributed by atoms with E-state index in [0.717, 1.165) is 0 Å². The molecule has 37 heavy (non-hydrogen) atoms. The highest BCUT2D eigenvalue weighted by atomic mass is 16.4. The molecular weight excluding hydrogens is 490 g/mol. The average molecular weight is 526 g/mol. The van der Waals surface area contributed by atoms with Gasteiger partial charge in [0.15, 0.2) is 0 Å². The van der Waals surface area contributed by atoms with Crippen LogP contribution in [0.25, 0.3) is 0 Å². The predicted molar refractivity (Wildman–Crippen MR) is 128 cm³/mol. The van der Waals surface area contributed by atoms with Crippen LogP contribution in [0.4, 0.5) is 0 Å². The summed E-state index contributed by atoms with van der Waals surface area (Å²) in [6.07, 6.45) is 2.21. The van der Waals surface area contributed by atoms with Crippen molar-refractivity contribution in [2.24, 2.45) is 17.4 Å². The van der Waals surface area contributed by atoms with Gasteiger partial charge in [0.05, 0.1) is 12.4 Å². The second-order valence-electron chi connectivity index (χ2n) is 8.66. The van der Waals surface area contributed by atoms with E-state index in [-0.39, 0.29) is 32.1 Å². The van der Waals surface area contributed by atoms with Crippen LogP contribution in [-0.4, -0.2) is 79.9 Å². The highest BCUT2D eigenvalue weighted by Crippen LogP contribution is 2.11. The van der Waals surface area contributed by atoms with E-state index >= 15 is 0 Å². The zero-order valence-corrected chi connectivity index (χ0v) is 20.7. The molecule has 0 saturated carbocycles. The van der Waals surface area contributed by atoms with Crippen molar-refractivity contribution in [2.45, 2.75) is 76.5 Å². The molecule has 1 heterocycles. The fourth-order valence-corrected chi connectivity index (χ4v) is 3.28. The number of carbonyl (C=O) groups is 6. The molecule has 5 atom stereocenters. The van der Waals surface area contributed by atoms with Crippen LogP contribution in [-0.2, 0) is 35.2 Å². The number of H-pyrrole nitrogens is 1. The molecule has 10 N–H and O–H groups in total. The first-order chi connectivity index (χ1) is 17.3. The molecular formula is C22H35N7O8. The molecule has 1 aromatic rings. The third-order valence-electron chi connectivity index (χ3n) is 5.71. The first-order valence-corrected chi connectivity index (χ1v) is 11.7. The lowest BCUT2D eigenvalue weighted by atomic mass is 9.96. The van der Waals surface area contributed by atoms with Gasteiger partial charge in [0.1, 0.15) is 18.1 Å².